The fourth-order valence-electron chi connectivity index (χ4n) is 2.84. The lowest BCUT2D eigenvalue weighted by molar-refractivity contribution is -0.143. The van der Waals surface area contributed by atoms with Crippen LogP contribution in [0.4, 0.5) is 16.2 Å². The number of carbonyl (C=O) groups excluding carboxylic acids is 2. The van der Waals surface area contributed by atoms with E-state index in [-0.39, 0.29) is 0 Å². The van der Waals surface area contributed by atoms with E-state index in [4.69, 9.17) is 28.3 Å². The fourth-order valence-corrected chi connectivity index (χ4v) is 3.13. The number of aliphatic carboxylic acids is 1. The maximum absolute atomic E-state index is 12.3. The zero-order chi connectivity index (χ0) is 24.2. The van der Waals surface area contributed by atoms with Gasteiger partial charge in [-0.05, 0) is 67.4 Å². The predicted molar refractivity (Wildman–Crippen MR) is 130 cm³/mol. The molecule has 0 atom stereocenters. The molecule has 0 saturated heterocycles. The standard InChI is InChI=1S/C24H21Cl2N3O4/c1-24(2,22(31)32)29-21(30)16-5-3-14(4-6-16)15-7-9-17(10-8-15)27-23(33)28-18-11-12-19(25)20(26)13-18/h3-13H,1-2H3,(H,29,30)(H,31,32)(H2,27,28,33). The van der Waals surface area contributed by atoms with Crippen molar-refractivity contribution in [2.24, 2.45) is 0 Å². The van der Waals surface area contributed by atoms with E-state index in [1.165, 1.54) is 13.8 Å². The molecule has 0 fully saturated rings. The van der Waals surface area contributed by atoms with Crippen LogP contribution in [0.2, 0.25) is 10.0 Å². The minimum Gasteiger partial charge on any atom is -0.480 e. The maximum Gasteiger partial charge on any atom is 0.328 e. The van der Waals surface area contributed by atoms with Gasteiger partial charge in [0.05, 0.1) is 10.0 Å². The number of anilines is 2. The second kappa shape index (κ2) is 9.94. The summed E-state index contributed by atoms with van der Waals surface area (Å²) in [5.74, 6) is -1.59. The molecule has 0 aliphatic carbocycles. The summed E-state index contributed by atoms with van der Waals surface area (Å²) in [6, 6.07) is 18.3. The summed E-state index contributed by atoms with van der Waals surface area (Å²) in [6.07, 6.45) is 0. The maximum atomic E-state index is 12.3. The molecule has 0 spiro atoms. The molecule has 3 amide bonds. The first-order chi connectivity index (χ1) is 15.5. The molecule has 0 radical (unpaired) electrons. The fraction of sp³-hybridized carbons (Fsp3) is 0.125. The Morgan fingerprint density at radius 1 is 0.758 bits per heavy atom. The molecule has 4 N–H and O–H groups in total. The van der Waals surface area contributed by atoms with E-state index >= 15 is 0 Å². The number of amides is 3. The van der Waals surface area contributed by atoms with Crippen molar-refractivity contribution in [1.82, 2.24) is 5.32 Å². The third-order valence-electron chi connectivity index (χ3n) is 4.76. The topological polar surface area (TPSA) is 108 Å². The molecule has 0 aromatic heterocycles. The van der Waals surface area contributed by atoms with E-state index in [1.807, 2.05) is 12.1 Å². The van der Waals surface area contributed by atoms with Crippen LogP contribution in [0.25, 0.3) is 11.1 Å². The highest BCUT2D eigenvalue weighted by molar-refractivity contribution is 6.42. The Morgan fingerprint density at radius 3 is 1.82 bits per heavy atom. The number of carbonyl (C=O) groups is 3. The van der Waals surface area contributed by atoms with Crippen molar-refractivity contribution in [2.75, 3.05) is 10.6 Å². The molecule has 33 heavy (non-hydrogen) atoms. The average Bonchev–Trinajstić information content (AvgIpc) is 2.76. The van der Waals surface area contributed by atoms with E-state index < -0.39 is 23.4 Å². The van der Waals surface area contributed by atoms with Crippen molar-refractivity contribution in [3.05, 3.63) is 82.3 Å². The quantitative estimate of drug-likeness (QED) is 0.348. The highest BCUT2D eigenvalue weighted by Gasteiger charge is 2.29. The van der Waals surface area contributed by atoms with Crippen molar-refractivity contribution < 1.29 is 19.5 Å². The Bertz CT molecular complexity index is 1190. The molecule has 0 aliphatic rings. The number of carboxylic acid groups (broad SMARTS) is 1. The number of carboxylic acids is 1. The van der Waals surface area contributed by atoms with Gasteiger partial charge in [0.25, 0.3) is 5.91 Å². The first-order valence-corrected chi connectivity index (χ1v) is 10.6. The molecule has 7 nitrogen and oxygen atoms in total. The smallest absolute Gasteiger partial charge is 0.328 e. The predicted octanol–water partition coefficient (Wildman–Crippen LogP) is 5.90. The molecule has 0 heterocycles. The zero-order valence-corrected chi connectivity index (χ0v) is 19.3. The van der Waals surface area contributed by atoms with E-state index in [1.54, 1.807) is 54.6 Å². The van der Waals surface area contributed by atoms with E-state index in [0.29, 0.717) is 27.0 Å². The average molecular weight is 486 g/mol. The Kier molecular flexibility index (Phi) is 7.26. The number of hydrogen-bond donors (Lipinski definition) is 4. The summed E-state index contributed by atoms with van der Waals surface area (Å²) in [5.41, 5.74) is 1.81. The van der Waals surface area contributed by atoms with Crippen LogP contribution in [-0.2, 0) is 4.79 Å². The van der Waals surface area contributed by atoms with Crippen LogP contribution in [-0.4, -0.2) is 28.6 Å². The third-order valence-corrected chi connectivity index (χ3v) is 5.50. The van der Waals surface area contributed by atoms with Crippen LogP contribution in [0.5, 0.6) is 0 Å². The lowest BCUT2D eigenvalue weighted by Gasteiger charge is -2.21. The summed E-state index contributed by atoms with van der Waals surface area (Å²) >= 11 is 11.8. The number of halogens is 2. The van der Waals surface area contributed by atoms with E-state index in [0.717, 1.165) is 11.1 Å². The molecule has 0 unspecified atom stereocenters. The van der Waals surface area contributed by atoms with Gasteiger partial charge in [-0.1, -0.05) is 47.5 Å². The third kappa shape index (κ3) is 6.25. The normalized spacial score (nSPS) is 10.9. The first-order valence-electron chi connectivity index (χ1n) is 9.84. The molecule has 9 heteroatoms. The Hall–Kier alpha value is -3.55. The number of hydrogen-bond acceptors (Lipinski definition) is 3. The summed E-state index contributed by atoms with van der Waals surface area (Å²) in [6.45, 7) is 2.84. The van der Waals surface area contributed by atoms with Gasteiger partial charge in [0, 0.05) is 16.9 Å². The van der Waals surface area contributed by atoms with Crippen LogP contribution >= 0.6 is 23.2 Å². The van der Waals surface area contributed by atoms with Crippen LogP contribution in [0.15, 0.2) is 66.7 Å². The second-order valence-corrected chi connectivity index (χ2v) is 8.56. The van der Waals surface area contributed by atoms with Crippen LogP contribution in [0, 0.1) is 0 Å². The number of rotatable bonds is 6. The Balaban J connectivity index is 1.62. The largest absolute Gasteiger partial charge is 0.480 e. The van der Waals surface area contributed by atoms with Gasteiger partial charge in [0.15, 0.2) is 0 Å². The van der Waals surface area contributed by atoms with E-state index in [9.17, 15) is 14.4 Å². The number of urea groups is 1. The van der Waals surface area contributed by atoms with Crippen LogP contribution < -0.4 is 16.0 Å². The SMILES string of the molecule is CC(C)(NC(=O)c1ccc(-c2ccc(NC(=O)Nc3ccc(Cl)c(Cl)c3)cc2)cc1)C(=O)O. The molecule has 3 rings (SSSR count). The van der Waals surface area contributed by atoms with Gasteiger partial charge in [-0.15, -0.1) is 0 Å². The summed E-state index contributed by atoms with van der Waals surface area (Å²) in [4.78, 5) is 35.7. The summed E-state index contributed by atoms with van der Waals surface area (Å²) < 4.78 is 0. The van der Waals surface area contributed by atoms with Crippen LogP contribution in [0.1, 0.15) is 24.2 Å². The lowest BCUT2D eigenvalue weighted by atomic mass is 10.0. The summed E-state index contributed by atoms with van der Waals surface area (Å²) in [7, 11) is 0. The monoisotopic (exact) mass is 485 g/mol. The Labute approximate surface area is 200 Å². The van der Waals surface area contributed by atoms with Gasteiger partial charge >= 0.3 is 12.0 Å². The molecule has 0 saturated carbocycles. The van der Waals surface area contributed by atoms with Crippen LogP contribution in [0.3, 0.4) is 0 Å². The van der Waals surface area contributed by atoms with Gasteiger partial charge < -0.3 is 21.1 Å². The molecule has 0 bridgehead atoms. The van der Waals surface area contributed by atoms with Gasteiger partial charge in [-0.2, -0.15) is 0 Å². The van der Waals surface area contributed by atoms with Crippen molar-refractivity contribution in [2.45, 2.75) is 19.4 Å². The Morgan fingerprint density at radius 2 is 1.27 bits per heavy atom. The minimum atomic E-state index is -1.37. The highest BCUT2D eigenvalue weighted by Crippen LogP contribution is 2.25. The molecule has 3 aromatic rings. The number of benzene rings is 3. The van der Waals surface area contributed by atoms with Gasteiger partial charge in [-0.25, -0.2) is 9.59 Å². The van der Waals surface area contributed by atoms with Crippen molar-refractivity contribution in [1.29, 1.82) is 0 Å². The number of nitrogens with one attached hydrogen (secondary N) is 3. The highest BCUT2D eigenvalue weighted by atomic mass is 35.5. The van der Waals surface area contributed by atoms with E-state index in [2.05, 4.69) is 16.0 Å². The molecular weight excluding hydrogens is 465 g/mol. The summed E-state index contributed by atoms with van der Waals surface area (Å²) in [5, 5.41) is 17.8. The molecule has 0 aliphatic heterocycles. The van der Waals surface area contributed by atoms with Crippen molar-refractivity contribution >= 4 is 52.5 Å². The zero-order valence-electron chi connectivity index (χ0n) is 17.8. The van der Waals surface area contributed by atoms with Gasteiger partial charge in [0.1, 0.15) is 5.54 Å². The molecular formula is C24H21Cl2N3O4. The second-order valence-electron chi connectivity index (χ2n) is 7.75. The first kappa shape index (κ1) is 24.1. The molecule has 3 aromatic carbocycles. The van der Waals surface area contributed by atoms with Crippen molar-refractivity contribution in [3.63, 3.8) is 0 Å². The van der Waals surface area contributed by atoms with Gasteiger partial charge in [-0.3, -0.25) is 4.79 Å². The molecule has 170 valence electrons. The minimum absolute atomic E-state index is 0.341. The lowest BCUT2D eigenvalue weighted by Crippen LogP contribution is -2.49. The van der Waals surface area contributed by atoms with Crippen molar-refractivity contribution in [3.8, 4) is 11.1 Å². The van der Waals surface area contributed by atoms with Gasteiger partial charge in [0.2, 0.25) is 0 Å².